The van der Waals surface area contributed by atoms with Gasteiger partial charge in [-0.3, -0.25) is 24.5 Å². The molecule has 0 saturated carbocycles. The highest BCUT2D eigenvalue weighted by Crippen LogP contribution is 2.36. The van der Waals surface area contributed by atoms with Gasteiger partial charge in [0.2, 0.25) is 17.7 Å². The topological polar surface area (TPSA) is 91.2 Å². The normalized spacial score (nSPS) is 20.5. The van der Waals surface area contributed by atoms with Crippen molar-refractivity contribution in [2.45, 2.75) is 44.2 Å². The Kier molecular flexibility index (Phi) is 5.81. The molecule has 2 aromatic carbocycles. The van der Waals surface area contributed by atoms with Crippen molar-refractivity contribution in [3.05, 3.63) is 75.9 Å². The van der Waals surface area contributed by atoms with Crippen LogP contribution in [0.5, 0.6) is 0 Å². The summed E-state index contributed by atoms with van der Waals surface area (Å²) in [6, 6.07) is 8.94. The highest BCUT2D eigenvalue weighted by Gasteiger charge is 2.40. The molecule has 1 atom stereocenters. The predicted octanol–water partition coefficient (Wildman–Crippen LogP) is 3.16. The lowest BCUT2D eigenvalue weighted by molar-refractivity contribution is -0.136. The highest BCUT2D eigenvalue weighted by molar-refractivity contribution is 6.05. The van der Waals surface area contributed by atoms with E-state index in [0.717, 1.165) is 0 Å². The second kappa shape index (κ2) is 8.95. The van der Waals surface area contributed by atoms with E-state index in [9.17, 15) is 19.2 Å². The van der Waals surface area contributed by atoms with E-state index in [1.807, 2.05) is 0 Å². The van der Waals surface area contributed by atoms with Gasteiger partial charge in [-0.2, -0.15) is 0 Å². The number of amides is 4. The molecule has 1 unspecified atom stereocenters. The van der Waals surface area contributed by atoms with Gasteiger partial charge in [0.1, 0.15) is 11.9 Å². The van der Waals surface area contributed by atoms with Crippen LogP contribution in [-0.2, 0) is 16.1 Å². The fourth-order valence-electron chi connectivity index (χ4n) is 5.24. The molecule has 2 aromatic rings. The lowest BCUT2D eigenvalue weighted by Crippen LogP contribution is -2.52. The van der Waals surface area contributed by atoms with Crippen LogP contribution >= 0.6 is 0 Å². The maximum absolute atomic E-state index is 15.1. The van der Waals surface area contributed by atoms with Crippen molar-refractivity contribution in [1.82, 2.24) is 15.1 Å². The van der Waals surface area contributed by atoms with Crippen molar-refractivity contribution in [2.24, 2.45) is 0 Å². The summed E-state index contributed by atoms with van der Waals surface area (Å²) in [6.45, 7) is 8.35. The van der Waals surface area contributed by atoms with Crippen LogP contribution in [0.15, 0.2) is 36.4 Å². The second-order valence-corrected chi connectivity index (χ2v) is 9.13. The number of hydrogen-bond acceptors (Lipinski definition) is 4. The Hall–Kier alpha value is -4.06. The summed E-state index contributed by atoms with van der Waals surface area (Å²) in [5.74, 6) is -2.04. The number of piperidine rings is 2. The zero-order valence-corrected chi connectivity index (χ0v) is 18.9. The van der Waals surface area contributed by atoms with Gasteiger partial charge in [0, 0.05) is 37.2 Å². The van der Waals surface area contributed by atoms with Crippen molar-refractivity contribution in [2.75, 3.05) is 13.1 Å². The largest absolute Gasteiger partial charge is 0.340 e. The molecule has 0 radical (unpaired) electrons. The quantitative estimate of drug-likeness (QED) is 0.547. The molecule has 9 heteroatoms. The molecule has 35 heavy (non-hydrogen) atoms. The molecule has 4 amide bonds. The van der Waals surface area contributed by atoms with E-state index in [-0.39, 0.29) is 42.7 Å². The number of rotatable bonds is 3. The third-order valence-corrected chi connectivity index (χ3v) is 7.12. The van der Waals surface area contributed by atoms with Crippen LogP contribution in [0.4, 0.5) is 10.1 Å². The van der Waals surface area contributed by atoms with Crippen LogP contribution in [-0.4, -0.2) is 52.6 Å². The van der Waals surface area contributed by atoms with Crippen LogP contribution in [0.2, 0.25) is 0 Å². The standard InChI is InChI=1S/C26H23FN4O4/c1-28-21-5-3-2-4-17(21)25(34)30-10-8-15(9-11-30)18-12-16-14-31(26(35)19(16)13-20(18)27)22-6-7-23(32)29-24(22)33/h2-5,12-13,15,22H,6-11,14H2,(H,29,32,33). The van der Waals surface area contributed by atoms with E-state index < -0.39 is 23.7 Å². The Morgan fingerprint density at radius 2 is 1.83 bits per heavy atom. The Balaban J connectivity index is 1.30. The Morgan fingerprint density at radius 3 is 2.54 bits per heavy atom. The first-order valence-corrected chi connectivity index (χ1v) is 11.6. The number of imide groups is 1. The number of fused-ring (bicyclic) bond motifs is 1. The molecule has 0 aromatic heterocycles. The number of halogens is 1. The molecule has 0 aliphatic carbocycles. The second-order valence-electron chi connectivity index (χ2n) is 9.13. The third kappa shape index (κ3) is 4.05. The van der Waals surface area contributed by atoms with Gasteiger partial charge in [-0.1, -0.05) is 30.3 Å². The minimum atomic E-state index is -0.744. The Labute approximate surface area is 201 Å². The minimum Gasteiger partial charge on any atom is -0.340 e. The molecular formula is C26H23FN4O4. The molecule has 178 valence electrons. The van der Waals surface area contributed by atoms with E-state index in [2.05, 4.69) is 10.2 Å². The number of nitrogens with zero attached hydrogens (tertiary/aromatic N) is 3. The zero-order valence-electron chi connectivity index (χ0n) is 18.9. The first kappa shape index (κ1) is 22.7. The SMILES string of the molecule is [C-]#[N+]c1ccccc1C(=O)N1CCC(c2cc3c(cc2F)C(=O)N(C2CCC(=O)NC2=O)C3)CC1. The van der Waals surface area contributed by atoms with Gasteiger partial charge in [-0.15, -0.1) is 0 Å². The zero-order chi connectivity index (χ0) is 24.7. The molecule has 0 spiro atoms. The van der Waals surface area contributed by atoms with Gasteiger partial charge in [0.15, 0.2) is 5.69 Å². The smallest absolute Gasteiger partial charge is 0.255 e. The Bertz CT molecular complexity index is 1290. The fourth-order valence-corrected chi connectivity index (χ4v) is 5.24. The van der Waals surface area contributed by atoms with Gasteiger partial charge in [-0.05, 0) is 42.4 Å². The van der Waals surface area contributed by atoms with Crippen LogP contribution in [0, 0.1) is 12.4 Å². The number of para-hydroxylation sites is 1. The van der Waals surface area contributed by atoms with E-state index in [1.54, 1.807) is 35.2 Å². The highest BCUT2D eigenvalue weighted by atomic mass is 19.1. The molecular weight excluding hydrogens is 451 g/mol. The van der Waals surface area contributed by atoms with E-state index >= 15 is 4.39 Å². The summed E-state index contributed by atoms with van der Waals surface area (Å²) >= 11 is 0. The van der Waals surface area contributed by atoms with Gasteiger partial charge in [0.25, 0.3) is 5.91 Å². The summed E-state index contributed by atoms with van der Waals surface area (Å²) in [4.78, 5) is 56.1. The lowest BCUT2D eigenvalue weighted by Gasteiger charge is -2.33. The van der Waals surface area contributed by atoms with Gasteiger partial charge in [-0.25, -0.2) is 9.24 Å². The van der Waals surface area contributed by atoms with E-state index in [0.29, 0.717) is 48.3 Å². The van der Waals surface area contributed by atoms with Gasteiger partial charge >= 0.3 is 0 Å². The van der Waals surface area contributed by atoms with Crippen LogP contribution in [0.3, 0.4) is 0 Å². The van der Waals surface area contributed by atoms with Crippen LogP contribution in [0.1, 0.15) is 63.4 Å². The number of benzene rings is 2. The summed E-state index contributed by atoms with van der Waals surface area (Å²) in [5, 5.41) is 2.27. The number of carbonyl (C=O) groups excluding carboxylic acids is 4. The molecule has 2 saturated heterocycles. The summed E-state index contributed by atoms with van der Waals surface area (Å²) in [5.41, 5.74) is 2.11. The number of hydrogen-bond donors (Lipinski definition) is 1. The maximum atomic E-state index is 15.1. The van der Waals surface area contributed by atoms with Crippen molar-refractivity contribution in [3.63, 3.8) is 0 Å². The van der Waals surface area contributed by atoms with Crippen molar-refractivity contribution in [1.29, 1.82) is 0 Å². The lowest BCUT2D eigenvalue weighted by atomic mass is 9.87. The monoisotopic (exact) mass is 474 g/mol. The molecule has 1 N–H and O–H groups in total. The third-order valence-electron chi connectivity index (χ3n) is 7.12. The number of carbonyl (C=O) groups is 4. The predicted molar refractivity (Wildman–Crippen MR) is 123 cm³/mol. The maximum Gasteiger partial charge on any atom is 0.255 e. The van der Waals surface area contributed by atoms with Crippen LogP contribution in [0.25, 0.3) is 4.85 Å². The van der Waals surface area contributed by atoms with E-state index in [4.69, 9.17) is 6.57 Å². The number of nitrogens with one attached hydrogen (secondary N) is 1. The summed E-state index contributed by atoms with van der Waals surface area (Å²) < 4.78 is 15.1. The average Bonchev–Trinajstić information content (AvgIpc) is 3.18. The fraction of sp³-hybridized carbons (Fsp3) is 0.346. The first-order chi connectivity index (χ1) is 16.9. The van der Waals surface area contributed by atoms with Gasteiger partial charge < -0.3 is 9.80 Å². The summed E-state index contributed by atoms with van der Waals surface area (Å²) in [7, 11) is 0. The molecule has 3 aliphatic rings. The first-order valence-electron chi connectivity index (χ1n) is 11.6. The molecule has 3 aliphatic heterocycles. The Morgan fingerprint density at radius 1 is 1.09 bits per heavy atom. The molecule has 8 nitrogen and oxygen atoms in total. The van der Waals surface area contributed by atoms with Crippen molar-refractivity contribution >= 4 is 29.3 Å². The number of likely N-dealkylation sites (tertiary alicyclic amines) is 1. The van der Waals surface area contributed by atoms with Crippen LogP contribution < -0.4 is 5.32 Å². The molecule has 5 rings (SSSR count). The van der Waals surface area contributed by atoms with Crippen molar-refractivity contribution in [3.8, 4) is 0 Å². The van der Waals surface area contributed by atoms with E-state index in [1.165, 1.54) is 11.0 Å². The molecule has 0 bridgehead atoms. The minimum absolute atomic E-state index is 0.111. The molecule has 3 heterocycles. The van der Waals surface area contributed by atoms with Gasteiger partial charge in [0.05, 0.1) is 6.57 Å². The average molecular weight is 474 g/mol. The molecule has 2 fully saturated rings. The summed E-state index contributed by atoms with van der Waals surface area (Å²) in [6.07, 6.45) is 1.54. The van der Waals surface area contributed by atoms with Crippen molar-refractivity contribution < 1.29 is 23.6 Å².